The third-order valence-corrected chi connectivity index (χ3v) is 1.84. The average molecular weight is 255 g/mol. The summed E-state index contributed by atoms with van der Waals surface area (Å²) < 4.78 is 5.18. The van der Waals surface area contributed by atoms with Gasteiger partial charge in [0.15, 0.2) is 0 Å². The summed E-state index contributed by atoms with van der Waals surface area (Å²) in [7, 11) is 0. The Labute approximate surface area is 104 Å². The van der Waals surface area contributed by atoms with Crippen LogP contribution in [0.4, 0.5) is 0 Å². The molecule has 5 heteroatoms. The molecule has 3 nitrogen and oxygen atoms in total. The van der Waals surface area contributed by atoms with Crippen LogP contribution in [0.1, 0.15) is 19.1 Å². The van der Waals surface area contributed by atoms with Crippen LogP contribution in [0.5, 0.6) is 0 Å². The molecular weight excluding hydrogens is 235 g/mol. The fourth-order valence-corrected chi connectivity index (χ4v) is 1.14. The summed E-state index contributed by atoms with van der Waals surface area (Å²) >= 11 is 0. The molecule has 0 atom stereocenters. The Hall–Kier alpha value is -0.220. The first-order valence-corrected chi connectivity index (χ1v) is 4.87. The normalized spacial score (nSPS) is 9.13. The molecular formula is C10H20Cl2N2O. The van der Waals surface area contributed by atoms with Crippen LogP contribution < -0.4 is 10.6 Å². The molecule has 0 amide bonds. The van der Waals surface area contributed by atoms with Crippen molar-refractivity contribution in [2.24, 2.45) is 0 Å². The quantitative estimate of drug-likeness (QED) is 0.733. The molecule has 0 aliphatic carbocycles. The zero-order valence-electron chi connectivity index (χ0n) is 8.99. The fourth-order valence-electron chi connectivity index (χ4n) is 1.14. The van der Waals surface area contributed by atoms with Gasteiger partial charge in [0.2, 0.25) is 0 Å². The smallest absolute Gasteiger partial charge is 0.117 e. The van der Waals surface area contributed by atoms with Gasteiger partial charge < -0.3 is 15.1 Å². The topological polar surface area (TPSA) is 37.2 Å². The molecule has 0 saturated heterocycles. The van der Waals surface area contributed by atoms with Crippen LogP contribution in [-0.2, 0) is 6.54 Å². The van der Waals surface area contributed by atoms with Gasteiger partial charge in [0.25, 0.3) is 0 Å². The first-order chi connectivity index (χ1) is 6.43. The van der Waals surface area contributed by atoms with Gasteiger partial charge in [-0.3, -0.25) is 0 Å². The highest BCUT2D eigenvalue weighted by Gasteiger charge is 1.93. The molecule has 0 aliphatic rings. The average Bonchev–Trinajstić information content (AvgIpc) is 2.63. The highest BCUT2D eigenvalue weighted by molar-refractivity contribution is 5.85. The van der Waals surface area contributed by atoms with Crippen molar-refractivity contribution < 1.29 is 4.42 Å². The zero-order chi connectivity index (χ0) is 9.36. The minimum atomic E-state index is 0. The first-order valence-electron chi connectivity index (χ1n) is 4.87. The predicted molar refractivity (Wildman–Crippen MR) is 68.1 cm³/mol. The van der Waals surface area contributed by atoms with Crippen LogP contribution >= 0.6 is 24.8 Å². The van der Waals surface area contributed by atoms with Crippen molar-refractivity contribution in [1.29, 1.82) is 0 Å². The van der Waals surface area contributed by atoms with E-state index < -0.39 is 0 Å². The number of furan rings is 1. The van der Waals surface area contributed by atoms with Crippen LogP contribution in [0, 0.1) is 0 Å². The van der Waals surface area contributed by atoms with Crippen LogP contribution in [0.3, 0.4) is 0 Å². The molecule has 15 heavy (non-hydrogen) atoms. The zero-order valence-corrected chi connectivity index (χ0v) is 10.6. The van der Waals surface area contributed by atoms with E-state index in [9.17, 15) is 0 Å². The second-order valence-corrected chi connectivity index (χ2v) is 2.96. The number of nitrogens with one attached hydrogen (secondary N) is 2. The summed E-state index contributed by atoms with van der Waals surface area (Å²) in [6, 6.07) is 3.90. The number of hydrogen-bond acceptors (Lipinski definition) is 3. The van der Waals surface area contributed by atoms with Gasteiger partial charge in [0, 0.05) is 0 Å². The molecule has 2 N–H and O–H groups in total. The second-order valence-electron chi connectivity index (χ2n) is 2.96. The highest BCUT2D eigenvalue weighted by Crippen LogP contribution is 1.97. The SMILES string of the molecule is CCNCCCNCc1ccco1.Cl.Cl. The van der Waals surface area contributed by atoms with Crippen LogP contribution in [0.2, 0.25) is 0 Å². The standard InChI is InChI=1S/C10H18N2O.2ClH/c1-2-11-6-4-7-12-9-10-5-3-8-13-10;;/h3,5,8,11-12H,2,4,6-7,9H2,1H3;2*1H. The Balaban J connectivity index is 0. The maximum atomic E-state index is 5.18. The predicted octanol–water partition coefficient (Wildman–Crippen LogP) is 2.21. The summed E-state index contributed by atoms with van der Waals surface area (Å²) in [5.41, 5.74) is 0. The molecule has 0 spiro atoms. The van der Waals surface area contributed by atoms with Gasteiger partial charge in [-0.25, -0.2) is 0 Å². The number of rotatable bonds is 7. The molecule has 1 aromatic heterocycles. The minimum absolute atomic E-state index is 0. The molecule has 0 aromatic carbocycles. The molecule has 0 aliphatic heterocycles. The summed E-state index contributed by atoms with van der Waals surface area (Å²) in [6.07, 6.45) is 2.87. The fraction of sp³-hybridized carbons (Fsp3) is 0.600. The molecule has 1 rings (SSSR count). The largest absolute Gasteiger partial charge is 0.468 e. The lowest BCUT2D eigenvalue weighted by molar-refractivity contribution is 0.479. The van der Waals surface area contributed by atoms with E-state index in [1.165, 1.54) is 0 Å². The number of halogens is 2. The van der Waals surface area contributed by atoms with Crippen LogP contribution in [0.25, 0.3) is 0 Å². The van der Waals surface area contributed by atoms with Crippen molar-refractivity contribution in [3.8, 4) is 0 Å². The summed E-state index contributed by atoms with van der Waals surface area (Å²) in [4.78, 5) is 0. The lowest BCUT2D eigenvalue weighted by Gasteiger charge is -2.02. The summed E-state index contributed by atoms with van der Waals surface area (Å²) in [5.74, 6) is 1.00. The molecule has 0 radical (unpaired) electrons. The van der Waals surface area contributed by atoms with Crippen molar-refractivity contribution in [3.63, 3.8) is 0 Å². The van der Waals surface area contributed by atoms with E-state index in [0.717, 1.165) is 38.4 Å². The van der Waals surface area contributed by atoms with Crippen LogP contribution in [-0.4, -0.2) is 19.6 Å². The third kappa shape index (κ3) is 8.75. The Morgan fingerprint density at radius 1 is 1.20 bits per heavy atom. The molecule has 1 heterocycles. The van der Waals surface area contributed by atoms with E-state index >= 15 is 0 Å². The minimum Gasteiger partial charge on any atom is -0.468 e. The van der Waals surface area contributed by atoms with E-state index in [0.29, 0.717) is 0 Å². The molecule has 0 saturated carbocycles. The van der Waals surface area contributed by atoms with Crippen LogP contribution in [0.15, 0.2) is 22.8 Å². The van der Waals surface area contributed by atoms with Gasteiger partial charge in [0.1, 0.15) is 5.76 Å². The van der Waals surface area contributed by atoms with E-state index in [1.807, 2.05) is 12.1 Å². The molecule has 0 unspecified atom stereocenters. The van der Waals surface area contributed by atoms with Crippen molar-refractivity contribution in [3.05, 3.63) is 24.2 Å². The lowest BCUT2D eigenvalue weighted by atomic mass is 10.4. The van der Waals surface area contributed by atoms with Gasteiger partial charge in [-0.05, 0) is 38.2 Å². The van der Waals surface area contributed by atoms with E-state index in [-0.39, 0.29) is 24.8 Å². The van der Waals surface area contributed by atoms with Gasteiger partial charge in [0.05, 0.1) is 12.8 Å². The summed E-state index contributed by atoms with van der Waals surface area (Å²) in [5, 5.41) is 6.59. The Morgan fingerprint density at radius 3 is 2.53 bits per heavy atom. The molecule has 0 bridgehead atoms. The van der Waals surface area contributed by atoms with E-state index in [2.05, 4.69) is 17.6 Å². The number of hydrogen-bond donors (Lipinski definition) is 2. The van der Waals surface area contributed by atoms with Gasteiger partial charge in [-0.2, -0.15) is 0 Å². The van der Waals surface area contributed by atoms with Gasteiger partial charge in [-0.15, -0.1) is 24.8 Å². The highest BCUT2D eigenvalue weighted by atomic mass is 35.5. The Morgan fingerprint density at radius 2 is 1.93 bits per heavy atom. The first kappa shape index (κ1) is 17.2. The maximum Gasteiger partial charge on any atom is 0.117 e. The molecule has 90 valence electrons. The summed E-state index contributed by atoms with van der Waals surface area (Å²) in [6.45, 7) is 6.13. The lowest BCUT2D eigenvalue weighted by Crippen LogP contribution is -2.21. The molecule has 1 aromatic rings. The molecule has 0 fully saturated rings. The monoisotopic (exact) mass is 254 g/mol. The third-order valence-electron chi connectivity index (χ3n) is 1.84. The maximum absolute atomic E-state index is 5.18. The second kappa shape index (κ2) is 11.9. The van der Waals surface area contributed by atoms with Crippen molar-refractivity contribution >= 4 is 24.8 Å². The van der Waals surface area contributed by atoms with E-state index in [4.69, 9.17) is 4.42 Å². The Bertz CT molecular complexity index is 205. The van der Waals surface area contributed by atoms with E-state index in [1.54, 1.807) is 6.26 Å². The van der Waals surface area contributed by atoms with Crippen molar-refractivity contribution in [2.75, 3.05) is 19.6 Å². The van der Waals surface area contributed by atoms with Crippen molar-refractivity contribution in [1.82, 2.24) is 10.6 Å². The van der Waals surface area contributed by atoms with Gasteiger partial charge >= 0.3 is 0 Å². The Kier molecular flexibility index (Phi) is 13.6. The van der Waals surface area contributed by atoms with Crippen molar-refractivity contribution in [2.45, 2.75) is 19.9 Å². The van der Waals surface area contributed by atoms with Gasteiger partial charge in [-0.1, -0.05) is 6.92 Å².